The van der Waals surface area contributed by atoms with Gasteiger partial charge in [-0.15, -0.1) is 0 Å². The third kappa shape index (κ3) is 2.46. The van der Waals surface area contributed by atoms with Crippen molar-refractivity contribution in [3.05, 3.63) is 11.3 Å². The molecule has 0 aliphatic carbocycles. The van der Waals surface area contributed by atoms with Gasteiger partial charge in [0.25, 0.3) is 0 Å². The molecule has 0 radical (unpaired) electrons. The van der Waals surface area contributed by atoms with Crippen molar-refractivity contribution in [1.29, 1.82) is 5.26 Å². The topological polar surface area (TPSA) is 48.3 Å². The molecule has 2 fully saturated rings. The van der Waals surface area contributed by atoms with Gasteiger partial charge in [-0.2, -0.15) is 5.26 Å². The minimum Gasteiger partial charge on any atom is -0.377 e. The molecule has 2 aliphatic rings. The van der Waals surface area contributed by atoms with Crippen LogP contribution in [-0.2, 0) is 4.74 Å². The summed E-state index contributed by atoms with van der Waals surface area (Å²) in [6.45, 7) is 8.83. The Morgan fingerprint density at radius 1 is 1.47 bits per heavy atom. The van der Waals surface area contributed by atoms with Crippen LogP contribution in [0.1, 0.15) is 20.3 Å². The first-order chi connectivity index (χ1) is 8.27. The molecule has 0 spiro atoms. The fourth-order valence-electron chi connectivity index (χ4n) is 2.61. The van der Waals surface area contributed by atoms with E-state index in [1.807, 2.05) is 0 Å². The van der Waals surface area contributed by atoms with E-state index in [0.29, 0.717) is 5.92 Å². The molecule has 0 bridgehead atoms. The largest absolute Gasteiger partial charge is 0.377 e. The van der Waals surface area contributed by atoms with Crippen LogP contribution in [0, 0.1) is 17.2 Å². The van der Waals surface area contributed by atoms with Crippen LogP contribution in [0.3, 0.4) is 0 Å². The Morgan fingerprint density at radius 3 is 2.59 bits per heavy atom. The molecule has 0 amide bonds. The second kappa shape index (κ2) is 5.52. The molecule has 0 saturated carbocycles. The van der Waals surface area contributed by atoms with Crippen LogP contribution in [0.15, 0.2) is 11.3 Å². The summed E-state index contributed by atoms with van der Waals surface area (Å²) >= 11 is 0. The second-order valence-corrected chi connectivity index (χ2v) is 4.72. The van der Waals surface area contributed by atoms with Gasteiger partial charge in [0, 0.05) is 32.1 Å². The maximum atomic E-state index is 9.42. The number of nitrogens with one attached hydrogen (secondary N) is 1. The molecular weight excluding hydrogens is 214 g/mol. The molecule has 4 heteroatoms. The van der Waals surface area contributed by atoms with E-state index in [2.05, 4.69) is 30.1 Å². The zero-order valence-electron chi connectivity index (χ0n) is 10.7. The molecule has 0 aromatic heterocycles. The van der Waals surface area contributed by atoms with Crippen molar-refractivity contribution in [2.45, 2.75) is 26.4 Å². The Balaban J connectivity index is 2.19. The Bertz CT molecular complexity index is 339. The van der Waals surface area contributed by atoms with Crippen LogP contribution in [0.25, 0.3) is 0 Å². The summed E-state index contributed by atoms with van der Waals surface area (Å²) in [6.07, 6.45) is 1.22. The van der Waals surface area contributed by atoms with Crippen molar-refractivity contribution in [3.8, 4) is 6.07 Å². The van der Waals surface area contributed by atoms with E-state index < -0.39 is 0 Å². The Kier molecular flexibility index (Phi) is 4.03. The van der Waals surface area contributed by atoms with Gasteiger partial charge in [-0.1, -0.05) is 6.92 Å². The number of rotatable bonds is 3. The third-order valence-electron chi connectivity index (χ3n) is 3.78. The summed E-state index contributed by atoms with van der Waals surface area (Å²) in [7, 11) is 0. The maximum absolute atomic E-state index is 9.42. The van der Waals surface area contributed by atoms with Crippen LogP contribution in [-0.4, -0.2) is 43.8 Å². The number of hydrogen-bond acceptors (Lipinski definition) is 4. The predicted molar refractivity (Wildman–Crippen MR) is 66.3 cm³/mol. The number of hydrogen-bond donors (Lipinski definition) is 1. The highest BCUT2D eigenvalue weighted by Gasteiger charge is 2.33. The third-order valence-corrected chi connectivity index (χ3v) is 3.78. The lowest BCUT2D eigenvalue weighted by Crippen LogP contribution is -2.45. The number of allylic oxidation sites excluding steroid dienone is 1. The van der Waals surface area contributed by atoms with Crippen LogP contribution >= 0.6 is 0 Å². The number of ether oxygens (including phenoxy) is 1. The number of piperazine rings is 1. The van der Waals surface area contributed by atoms with E-state index in [9.17, 15) is 5.26 Å². The average molecular weight is 235 g/mol. The smallest absolute Gasteiger partial charge is 0.117 e. The first-order valence-corrected chi connectivity index (χ1v) is 6.48. The van der Waals surface area contributed by atoms with Crippen molar-refractivity contribution in [2.75, 3.05) is 32.8 Å². The summed E-state index contributed by atoms with van der Waals surface area (Å²) < 4.78 is 5.43. The van der Waals surface area contributed by atoms with Gasteiger partial charge in [0.2, 0.25) is 0 Å². The quantitative estimate of drug-likeness (QED) is 0.745. The maximum Gasteiger partial charge on any atom is 0.117 e. The van der Waals surface area contributed by atoms with Gasteiger partial charge in [0.1, 0.15) is 11.8 Å². The van der Waals surface area contributed by atoms with Gasteiger partial charge in [0.15, 0.2) is 0 Å². The number of nitriles is 1. The first kappa shape index (κ1) is 12.4. The van der Waals surface area contributed by atoms with Crippen molar-refractivity contribution >= 4 is 0 Å². The van der Waals surface area contributed by atoms with Crippen LogP contribution < -0.4 is 5.32 Å². The fourth-order valence-corrected chi connectivity index (χ4v) is 2.61. The summed E-state index contributed by atoms with van der Waals surface area (Å²) in [5, 5.41) is 12.7. The highest BCUT2D eigenvalue weighted by Crippen LogP contribution is 2.32. The molecule has 2 heterocycles. The van der Waals surface area contributed by atoms with Crippen molar-refractivity contribution in [3.63, 3.8) is 0 Å². The minimum atomic E-state index is 0.274. The van der Waals surface area contributed by atoms with E-state index in [0.717, 1.165) is 44.9 Å². The SMILES string of the molecule is CCC(=C(C#N)N1CCNCC1)C1COC1C. The van der Waals surface area contributed by atoms with E-state index in [4.69, 9.17) is 4.74 Å². The van der Waals surface area contributed by atoms with E-state index in [1.54, 1.807) is 0 Å². The zero-order valence-corrected chi connectivity index (χ0v) is 10.7. The molecule has 2 atom stereocenters. The van der Waals surface area contributed by atoms with Crippen molar-refractivity contribution in [2.24, 2.45) is 5.92 Å². The Labute approximate surface area is 103 Å². The average Bonchev–Trinajstić information content (AvgIpc) is 2.37. The predicted octanol–water partition coefficient (Wildman–Crippen LogP) is 1.11. The molecule has 94 valence electrons. The molecule has 2 rings (SSSR count). The summed E-state index contributed by atoms with van der Waals surface area (Å²) in [5.74, 6) is 0.449. The zero-order chi connectivity index (χ0) is 12.3. The van der Waals surface area contributed by atoms with E-state index in [1.165, 1.54) is 5.57 Å². The molecule has 4 nitrogen and oxygen atoms in total. The molecule has 0 aromatic rings. The van der Waals surface area contributed by atoms with Gasteiger partial charge >= 0.3 is 0 Å². The number of nitrogens with zero attached hydrogens (tertiary/aromatic N) is 2. The molecule has 2 saturated heterocycles. The first-order valence-electron chi connectivity index (χ1n) is 6.48. The Morgan fingerprint density at radius 2 is 2.18 bits per heavy atom. The standard InChI is InChI=1S/C13H21N3O/c1-3-11(12-9-17-10(12)2)13(8-14)16-6-4-15-5-7-16/h10,12,15H,3-7,9H2,1-2H3. The van der Waals surface area contributed by atoms with Gasteiger partial charge in [-0.3, -0.25) is 0 Å². The van der Waals surface area contributed by atoms with Gasteiger partial charge in [0.05, 0.1) is 12.7 Å². The van der Waals surface area contributed by atoms with Gasteiger partial charge in [-0.05, 0) is 18.9 Å². The van der Waals surface area contributed by atoms with Gasteiger partial charge in [-0.25, -0.2) is 0 Å². The van der Waals surface area contributed by atoms with E-state index >= 15 is 0 Å². The van der Waals surface area contributed by atoms with Crippen LogP contribution in [0.4, 0.5) is 0 Å². The normalized spacial score (nSPS) is 30.3. The van der Waals surface area contributed by atoms with Crippen LogP contribution in [0.2, 0.25) is 0 Å². The Hall–Kier alpha value is -1.05. The lowest BCUT2D eigenvalue weighted by molar-refractivity contribution is -0.0872. The summed E-state index contributed by atoms with van der Waals surface area (Å²) in [6, 6.07) is 2.41. The lowest BCUT2D eigenvalue weighted by Gasteiger charge is -2.38. The second-order valence-electron chi connectivity index (χ2n) is 4.72. The highest BCUT2D eigenvalue weighted by atomic mass is 16.5. The summed E-state index contributed by atoms with van der Waals surface area (Å²) in [5.41, 5.74) is 2.18. The fraction of sp³-hybridized carbons (Fsp3) is 0.769. The molecule has 1 N–H and O–H groups in total. The van der Waals surface area contributed by atoms with Crippen molar-refractivity contribution < 1.29 is 4.74 Å². The van der Waals surface area contributed by atoms with Crippen LogP contribution in [0.5, 0.6) is 0 Å². The molecular formula is C13H21N3O. The molecule has 2 aliphatic heterocycles. The molecule has 0 aromatic carbocycles. The lowest BCUT2D eigenvalue weighted by atomic mass is 9.87. The molecule has 17 heavy (non-hydrogen) atoms. The van der Waals surface area contributed by atoms with E-state index in [-0.39, 0.29) is 6.10 Å². The summed E-state index contributed by atoms with van der Waals surface area (Å²) in [4.78, 5) is 2.22. The molecule has 2 unspecified atom stereocenters. The van der Waals surface area contributed by atoms with Crippen molar-refractivity contribution in [1.82, 2.24) is 10.2 Å². The minimum absolute atomic E-state index is 0.274. The highest BCUT2D eigenvalue weighted by molar-refractivity contribution is 5.30. The van der Waals surface area contributed by atoms with Gasteiger partial charge < -0.3 is 15.0 Å². The monoisotopic (exact) mass is 235 g/mol.